The minimum atomic E-state index is -0.452. The number of amides is 2. The smallest absolute Gasteiger partial charge is 0.282 e. The molecule has 0 saturated heterocycles. The summed E-state index contributed by atoms with van der Waals surface area (Å²) in [5, 5.41) is 9.79. The fraction of sp³-hybridized carbons (Fsp3) is 0.238. The number of ether oxygens (including phenoxy) is 1. The Balaban J connectivity index is 2.11. The maximum atomic E-state index is 13.3. The van der Waals surface area contributed by atoms with Gasteiger partial charge in [-0.15, -0.1) is 0 Å². The van der Waals surface area contributed by atoms with Crippen molar-refractivity contribution in [3.05, 3.63) is 64.3 Å². The van der Waals surface area contributed by atoms with E-state index in [1.165, 1.54) is 0 Å². The number of aliphatic hydroxyl groups is 1. The van der Waals surface area contributed by atoms with E-state index in [0.29, 0.717) is 22.0 Å². The first-order chi connectivity index (χ1) is 13.4. The number of rotatable bonds is 6. The SMILES string of the molecule is COc1ccc(C2=C(N(C)CCO)C(=O)N(c3ccc(C)c(Cl)c3)C2=O)cc1. The molecule has 0 aromatic heterocycles. The number of hydrogen-bond donors (Lipinski definition) is 1. The lowest BCUT2D eigenvalue weighted by molar-refractivity contribution is -0.120. The van der Waals surface area contributed by atoms with Crippen molar-refractivity contribution in [1.29, 1.82) is 0 Å². The van der Waals surface area contributed by atoms with E-state index in [2.05, 4.69) is 0 Å². The van der Waals surface area contributed by atoms with Crippen LogP contribution in [0.3, 0.4) is 0 Å². The zero-order chi connectivity index (χ0) is 20.4. The van der Waals surface area contributed by atoms with E-state index >= 15 is 0 Å². The molecule has 2 aromatic carbocycles. The molecule has 3 rings (SSSR count). The quantitative estimate of drug-likeness (QED) is 0.755. The number of hydrogen-bond acceptors (Lipinski definition) is 5. The summed E-state index contributed by atoms with van der Waals surface area (Å²) < 4.78 is 5.17. The number of carbonyl (C=O) groups excluding carboxylic acids is 2. The zero-order valence-corrected chi connectivity index (χ0v) is 16.7. The van der Waals surface area contributed by atoms with Crippen LogP contribution in [0.25, 0.3) is 5.57 Å². The van der Waals surface area contributed by atoms with Crippen LogP contribution in [0.5, 0.6) is 5.75 Å². The van der Waals surface area contributed by atoms with E-state index in [-0.39, 0.29) is 24.4 Å². The summed E-state index contributed by atoms with van der Waals surface area (Å²) in [6.07, 6.45) is 0. The molecule has 0 aliphatic carbocycles. The highest BCUT2D eigenvalue weighted by atomic mass is 35.5. The molecule has 146 valence electrons. The molecule has 0 unspecified atom stereocenters. The summed E-state index contributed by atoms with van der Waals surface area (Å²) in [7, 11) is 3.23. The number of halogens is 1. The largest absolute Gasteiger partial charge is 0.497 e. The molecule has 1 aliphatic heterocycles. The van der Waals surface area contributed by atoms with Crippen molar-refractivity contribution in [3.8, 4) is 5.75 Å². The van der Waals surface area contributed by atoms with E-state index in [0.717, 1.165) is 10.5 Å². The summed E-state index contributed by atoms with van der Waals surface area (Å²) in [5.41, 5.74) is 2.37. The summed E-state index contributed by atoms with van der Waals surface area (Å²) in [6.45, 7) is 1.92. The lowest BCUT2D eigenvalue weighted by Crippen LogP contribution is -2.34. The standard InChI is InChI=1S/C21H21ClN2O4/c1-13-4-7-15(12-17(13)22)24-20(26)18(14-5-8-16(28-3)9-6-14)19(21(24)27)23(2)10-11-25/h4-9,12,25H,10-11H2,1-3H3. The van der Waals surface area contributed by atoms with Gasteiger partial charge < -0.3 is 14.7 Å². The molecule has 7 heteroatoms. The number of anilines is 1. The first-order valence-corrected chi connectivity index (χ1v) is 9.12. The molecular weight excluding hydrogens is 380 g/mol. The van der Waals surface area contributed by atoms with Crippen LogP contribution >= 0.6 is 11.6 Å². The first kappa shape index (κ1) is 19.9. The van der Waals surface area contributed by atoms with Gasteiger partial charge in [0.15, 0.2) is 0 Å². The Hall–Kier alpha value is -2.83. The number of benzene rings is 2. The van der Waals surface area contributed by atoms with Crippen molar-refractivity contribution >= 4 is 34.7 Å². The number of nitrogens with zero attached hydrogens (tertiary/aromatic N) is 2. The van der Waals surface area contributed by atoms with Gasteiger partial charge in [-0.2, -0.15) is 0 Å². The van der Waals surface area contributed by atoms with Crippen LogP contribution in [0.2, 0.25) is 5.02 Å². The molecule has 0 spiro atoms. The maximum absolute atomic E-state index is 13.3. The third-order valence-corrected chi connectivity index (χ3v) is 5.08. The fourth-order valence-electron chi connectivity index (χ4n) is 3.11. The second kappa shape index (κ2) is 8.04. The van der Waals surface area contributed by atoms with Crippen LogP contribution in [-0.2, 0) is 9.59 Å². The second-order valence-corrected chi connectivity index (χ2v) is 6.88. The minimum Gasteiger partial charge on any atom is -0.497 e. The normalized spacial score (nSPS) is 14.1. The molecule has 1 heterocycles. The lowest BCUT2D eigenvalue weighted by Gasteiger charge is -2.20. The molecule has 0 bridgehead atoms. The van der Waals surface area contributed by atoms with Crippen molar-refractivity contribution in [1.82, 2.24) is 4.90 Å². The predicted octanol–water partition coefficient (Wildman–Crippen LogP) is 2.87. The molecule has 6 nitrogen and oxygen atoms in total. The van der Waals surface area contributed by atoms with Gasteiger partial charge in [0.1, 0.15) is 11.4 Å². The Morgan fingerprint density at radius 1 is 1.11 bits per heavy atom. The Bertz CT molecular complexity index is 953. The topological polar surface area (TPSA) is 70.1 Å². The van der Waals surface area contributed by atoms with Gasteiger partial charge in [-0.3, -0.25) is 9.59 Å². The van der Waals surface area contributed by atoms with Crippen molar-refractivity contribution in [3.63, 3.8) is 0 Å². The van der Waals surface area contributed by atoms with Crippen LogP contribution < -0.4 is 9.64 Å². The first-order valence-electron chi connectivity index (χ1n) is 8.74. The van der Waals surface area contributed by atoms with E-state index in [1.807, 2.05) is 6.92 Å². The average Bonchev–Trinajstić information content (AvgIpc) is 2.95. The average molecular weight is 401 g/mol. The molecular formula is C21H21ClN2O4. The molecule has 2 aromatic rings. The minimum absolute atomic E-state index is 0.145. The van der Waals surface area contributed by atoms with Crippen molar-refractivity contribution in [2.75, 3.05) is 32.2 Å². The molecule has 28 heavy (non-hydrogen) atoms. The Morgan fingerprint density at radius 3 is 2.36 bits per heavy atom. The molecule has 0 saturated carbocycles. The number of likely N-dealkylation sites (N-methyl/N-ethyl adjacent to an activating group) is 1. The van der Waals surface area contributed by atoms with Crippen molar-refractivity contribution in [2.45, 2.75) is 6.92 Å². The third-order valence-electron chi connectivity index (χ3n) is 4.67. The van der Waals surface area contributed by atoms with E-state index < -0.39 is 11.8 Å². The highest BCUT2D eigenvalue weighted by Gasteiger charge is 2.41. The van der Waals surface area contributed by atoms with E-state index in [9.17, 15) is 14.7 Å². The van der Waals surface area contributed by atoms with Gasteiger partial charge >= 0.3 is 0 Å². The Kier molecular flexibility index (Phi) is 5.72. The van der Waals surface area contributed by atoms with Crippen molar-refractivity contribution < 1.29 is 19.4 Å². The monoisotopic (exact) mass is 400 g/mol. The Morgan fingerprint density at radius 2 is 1.79 bits per heavy atom. The number of aliphatic hydroxyl groups excluding tert-OH is 1. The molecule has 0 atom stereocenters. The van der Waals surface area contributed by atoms with Crippen LogP contribution in [0.15, 0.2) is 48.2 Å². The van der Waals surface area contributed by atoms with Gasteiger partial charge in [-0.25, -0.2) is 4.90 Å². The van der Waals surface area contributed by atoms with Crippen LogP contribution in [0, 0.1) is 6.92 Å². The number of imide groups is 1. The number of aryl methyl sites for hydroxylation is 1. The lowest BCUT2D eigenvalue weighted by atomic mass is 10.0. The number of carbonyl (C=O) groups is 2. The van der Waals surface area contributed by atoms with Gasteiger partial charge in [0, 0.05) is 18.6 Å². The zero-order valence-electron chi connectivity index (χ0n) is 15.9. The molecule has 2 amide bonds. The fourth-order valence-corrected chi connectivity index (χ4v) is 3.28. The Labute approximate surface area is 168 Å². The highest BCUT2D eigenvalue weighted by Crippen LogP contribution is 2.36. The van der Waals surface area contributed by atoms with Crippen LogP contribution in [0.4, 0.5) is 5.69 Å². The van der Waals surface area contributed by atoms with Crippen LogP contribution in [0.1, 0.15) is 11.1 Å². The maximum Gasteiger partial charge on any atom is 0.282 e. The van der Waals surface area contributed by atoms with Gasteiger partial charge in [-0.05, 0) is 42.3 Å². The molecule has 1 aliphatic rings. The van der Waals surface area contributed by atoms with Gasteiger partial charge in [0.05, 0.1) is 25.0 Å². The molecule has 1 N–H and O–H groups in total. The third kappa shape index (κ3) is 3.48. The van der Waals surface area contributed by atoms with Crippen LogP contribution in [-0.4, -0.2) is 49.1 Å². The summed E-state index contributed by atoms with van der Waals surface area (Å²) in [4.78, 5) is 29.2. The van der Waals surface area contributed by atoms with E-state index in [4.69, 9.17) is 16.3 Å². The highest BCUT2D eigenvalue weighted by molar-refractivity contribution is 6.45. The van der Waals surface area contributed by atoms with Gasteiger partial charge in [0.25, 0.3) is 11.8 Å². The van der Waals surface area contributed by atoms with E-state index in [1.54, 1.807) is 61.5 Å². The van der Waals surface area contributed by atoms with Gasteiger partial charge in [-0.1, -0.05) is 29.8 Å². The summed E-state index contributed by atoms with van der Waals surface area (Å²) in [5.74, 6) is -0.241. The number of methoxy groups -OCH3 is 1. The second-order valence-electron chi connectivity index (χ2n) is 6.48. The molecule has 0 fully saturated rings. The summed E-state index contributed by atoms with van der Waals surface area (Å²) in [6, 6.07) is 12.0. The predicted molar refractivity (Wildman–Crippen MR) is 108 cm³/mol. The molecule has 0 radical (unpaired) electrons. The van der Waals surface area contributed by atoms with Crippen molar-refractivity contribution in [2.24, 2.45) is 0 Å². The summed E-state index contributed by atoms with van der Waals surface area (Å²) >= 11 is 6.20. The van der Waals surface area contributed by atoms with Gasteiger partial charge in [0.2, 0.25) is 0 Å².